The molecule has 28 heavy (non-hydrogen) atoms. The fourth-order valence-corrected chi connectivity index (χ4v) is 3.29. The third kappa shape index (κ3) is 4.04. The van der Waals surface area contributed by atoms with Crippen LogP contribution in [0.3, 0.4) is 0 Å². The second-order valence-corrected chi connectivity index (χ2v) is 6.69. The maximum Gasteiger partial charge on any atom is 0.271 e. The minimum atomic E-state index is -0.285. The van der Waals surface area contributed by atoms with E-state index in [0.717, 1.165) is 18.8 Å². The number of nitrogens with one attached hydrogen (secondary N) is 1. The molecule has 0 saturated carbocycles. The van der Waals surface area contributed by atoms with Gasteiger partial charge in [-0.05, 0) is 30.3 Å². The molecule has 2 aliphatic heterocycles. The van der Waals surface area contributed by atoms with Crippen LogP contribution in [0.1, 0.15) is 12.8 Å². The number of nitrogens with zero attached hydrogens (tertiary/aromatic N) is 3. The molecule has 4 rings (SSSR count). The Morgan fingerprint density at radius 1 is 0.964 bits per heavy atom. The predicted molar refractivity (Wildman–Crippen MR) is 109 cm³/mol. The molecule has 1 saturated heterocycles. The van der Waals surface area contributed by atoms with Crippen LogP contribution in [0.4, 0.5) is 17.1 Å². The number of benzene rings is 2. The minimum absolute atomic E-state index is 0.114. The number of morpholine rings is 1. The molecule has 0 bridgehead atoms. The normalized spacial score (nSPS) is 17.3. The lowest BCUT2D eigenvalue weighted by molar-refractivity contribution is -0.118. The van der Waals surface area contributed by atoms with E-state index in [2.05, 4.69) is 15.3 Å². The van der Waals surface area contributed by atoms with Gasteiger partial charge in [0.2, 0.25) is 5.91 Å². The molecule has 0 spiro atoms. The van der Waals surface area contributed by atoms with Crippen LogP contribution in [0.2, 0.25) is 0 Å². The van der Waals surface area contributed by atoms with Gasteiger partial charge in [-0.25, -0.2) is 5.01 Å². The standard InChI is InChI=1S/C21H22N4O3/c26-20-10-9-19(23-25(20)17-6-2-1-3-7-17)21(27)22-16-5-4-8-18(15-16)24-11-13-28-14-12-24/h1-8,15H,9-14H2,(H,22,27). The summed E-state index contributed by atoms with van der Waals surface area (Å²) in [6.45, 7) is 3.07. The van der Waals surface area contributed by atoms with Gasteiger partial charge in [0.15, 0.2) is 0 Å². The van der Waals surface area contributed by atoms with Crippen molar-refractivity contribution in [3.63, 3.8) is 0 Å². The van der Waals surface area contributed by atoms with E-state index in [1.165, 1.54) is 5.01 Å². The Labute approximate surface area is 163 Å². The van der Waals surface area contributed by atoms with E-state index in [1.807, 2.05) is 42.5 Å². The first-order chi connectivity index (χ1) is 13.7. The van der Waals surface area contributed by atoms with Crippen LogP contribution in [-0.4, -0.2) is 43.8 Å². The minimum Gasteiger partial charge on any atom is -0.378 e. The summed E-state index contributed by atoms with van der Waals surface area (Å²) < 4.78 is 5.39. The van der Waals surface area contributed by atoms with Gasteiger partial charge in [-0.3, -0.25) is 9.59 Å². The molecule has 2 amide bonds. The lowest BCUT2D eigenvalue weighted by Gasteiger charge is -2.29. The third-order valence-corrected chi connectivity index (χ3v) is 4.78. The Morgan fingerprint density at radius 2 is 1.71 bits per heavy atom. The SMILES string of the molecule is O=C(Nc1cccc(N2CCOCC2)c1)C1=NN(c2ccccc2)C(=O)CC1. The molecule has 1 fully saturated rings. The van der Waals surface area contributed by atoms with Gasteiger partial charge >= 0.3 is 0 Å². The first-order valence-corrected chi connectivity index (χ1v) is 9.40. The monoisotopic (exact) mass is 378 g/mol. The van der Waals surface area contributed by atoms with Crippen LogP contribution >= 0.6 is 0 Å². The molecule has 144 valence electrons. The number of hydrogen-bond acceptors (Lipinski definition) is 5. The highest BCUT2D eigenvalue weighted by Crippen LogP contribution is 2.22. The number of carbonyl (C=O) groups excluding carboxylic acids is 2. The van der Waals surface area contributed by atoms with Crippen molar-refractivity contribution in [2.75, 3.05) is 41.5 Å². The molecular formula is C21H22N4O3. The van der Waals surface area contributed by atoms with Gasteiger partial charge in [-0.1, -0.05) is 24.3 Å². The van der Waals surface area contributed by atoms with Crippen molar-refractivity contribution in [1.29, 1.82) is 0 Å². The summed E-state index contributed by atoms with van der Waals surface area (Å²) >= 11 is 0. The van der Waals surface area contributed by atoms with Gasteiger partial charge < -0.3 is 15.0 Å². The number of ether oxygens (including phenoxy) is 1. The molecule has 0 radical (unpaired) electrons. The summed E-state index contributed by atoms with van der Waals surface area (Å²) in [7, 11) is 0. The molecule has 2 aromatic carbocycles. The molecule has 0 atom stereocenters. The highest BCUT2D eigenvalue weighted by molar-refractivity contribution is 6.44. The van der Waals surface area contributed by atoms with Crippen LogP contribution in [0, 0.1) is 0 Å². The van der Waals surface area contributed by atoms with Gasteiger partial charge in [-0.2, -0.15) is 5.10 Å². The van der Waals surface area contributed by atoms with Crippen molar-refractivity contribution in [2.45, 2.75) is 12.8 Å². The predicted octanol–water partition coefficient (Wildman–Crippen LogP) is 2.64. The lowest BCUT2D eigenvalue weighted by Crippen LogP contribution is -2.37. The van der Waals surface area contributed by atoms with Gasteiger partial charge in [0.25, 0.3) is 5.91 Å². The molecule has 2 aliphatic rings. The smallest absolute Gasteiger partial charge is 0.271 e. The number of rotatable bonds is 4. The molecule has 0 unspecified atom stereocenters. The summed E-state index contributed by atoms with van der Waals surface area (Å²) in [6, 6.07) is 16.9. The van der Waals surface area contributed by atoms with Crippen molar-refractivity contribution in [3.8, 4) is 0 Å². The Kier molecular flexibility index (Phi) is 5.34. The van der Waals surface area contributed by atoms with Gasteiger partial charge in [-0.15, -0.1) is 0 Å². The maximum absolute atomic E-state index is 12.7. The number of anilines is 3. The summed E-state index contributed by atoms with van der Waals surface area (Å²) in [6.07, 6.45) is 0.589. The van der Waals surface area contributed by atoms with Crippen LogP contribution in [0.15, 0.2) is 59.7 Å². The van der Waals surface area contributed by atoms with E-state index >= 15 is 0 Å². The summed E-state index contributed by atoms with van der Waals surface area (Å²) in [5.74, 6) is -0.398. The lowest BCUT2D eigenvalue weighted by atomic mass is 10.1. The summed E-state index contributed by atoms with van der Waals surface area (Å²) in [5, 5.41) is 8.52. The number of para-hydroxylation sites is 1. The second-order valence-electron chi connectivity index (χ2n) is 6.69. The van der Waals surface area contributed by atoms with Crippen LogP contribution in [0.25, 0.3) is 0 Å². The topological polar surface area (TPSA) is 74.2 Å². The van der Waals surface area contributed by atoms with Crippen molar-refractivity contribution in [1.82, 2.24) is 0 Å². The number of amides is 2. The molecule has 0 aromatic heterocycles. The van der Waals surface area contributed by atoms with Gasteiger partial charge in [0.1, 0.15) is 5.71 Å². The van der Waals surface area contributed by atoms with Gasteiger partial charge in [0, 0.05) is 37.3 Å². The zero-order valence-corrected chi connectivity index (χ0v) is 15.5. The Morgan fingerprint density at radius 3 is 2.50 bits per heavy atom. The van der Waals surface area contributed by atoms with Crippen molar-refractivity contribution >= 4 is 34.6 Å². The second kappa shape index (κ2) is 8.22. The number of hydrazone groups is 1. The average Bonchev–Trinajstić information content (AvgIpc) is 2.75. The molecule has 7 heteroatoms. The molecule has 2 aromatic rings. The summed E-state index contributed by atoms with van der Waals surface area (Å²) in [4.78, 5) is 27.2. The van der Waals surface area contributed by atoms with Crippen molar-refractivity contribution < 1.29 is 14.3 Å². The maximum atomic E-state index is 12.7. The average molecular weight is 378 g/mol. The van der Waals surface area contributed by atoms with Crippen LogP contribution in [-0.2, 0) is 14.3 Å². The quantitative estimate of drug-likeness (QED) is 0.888. The number of carbonyl (C=O) groups is 2. The molecule has 2 heterocycles. The highest BCUT2D eigenvalue weighted by atomic mass is 16.5. The van der Waals surface area contributed by atoms with E-state index in [9.17, 15) is 9.59 Å². The largest absolute Gasteiger partial charge is 0.378 e. The first kappa shape index (κ1) is 18.2. The van der Waals surface area contributed by atoms with E-state index in [0.29, 0.717) is 36.7 Å². The molecule has 1 N–H and O–H groups in total. The molecule has 0 aliphatic carbocycles. The Hall–Kier alpha value is -3.19. The molecular weight excluding hydrogens is 356 g/mol. The fourth-order valence-electron chi connectivity index (χ4n) is 3.29. The zero-order valence-electron chi connectivity index (χ0n) is 15.5. The highest BCUT2D eigenvalue weighted by Gasteiger charge is 2.25. The van der Waals surface area contributed by atoms with Crippen molar-refractivity contribution in [2.24, 2.45) is 5.10 Å². The van der Waals surface area contributed by atoms with E-state index in [-0.39, 0.29) is 18.2 Å². The van der Waals surface area contributed by atoms with Crippen molar-refractivity contribution in [3.05, 3.63) is 54.6 Å². The number of hydrogen-bond donors (Lipinski definition) is 1. The van der Waals surface area contributed by atoms with Gasteiger partial charge in [0.05, 0.1) is 18.9 Å². The fraction of sp³-hybridized carbons (Fsp3) is 0.286. The Bertz CT molecular complexity index is 892. The third-order valence-electron chi connectivity index (χ3n) is 4.78. The van der Waals surface area contributed by atoms with Crippen LogP contribution < -0.4 is 15.2 Å². The van der Waals surface area contributed by atoms with E-state index < -0.39 is 0 Å². The zero-order chi connectivity index (χ0) is 19.3. The Balaban J connectivity index is 1.49. The van der Waals surface area contributed by atoms with E-state index in [1.54, 1.807) is 12.1 Å². The van der Waals surface area contributed by atoms with E-state index in [4.69, 9.17) is 4.74 Å². The molecule has 7 nitrogen and oxygen atoms in total. The van der Waals surface area contributed by atoms with Crippen LogP contribution in [0.5, 0.6) is 0 Å². The summed E-state index contributed by atoms with van der Waals surface area (Å²) in [5.41, 5.74) is 2.76. The first-order valence-electron chi connectivity index (χ1n) is 9.40.